The number of nitrogens with zero attached hydrogens (tertiary/aromatic N) is 5. The van der Waals surface area contributed by atoms with Crippen LogP contribution in [0.25, 0.3) is 11.2 Å². The van der Waals surface area contributed by atoms with Crippen molar-refractivity contribution in [1.82, 2.24) is 19.5 Å². The second-order valence-electron chi connectivity index (χ2n) is 6.38. The fourth-order valence-electron chi connectivity index (χ4n) is 3.34. The quantitative estimate of drug-likeness (QED) is 0.402. The Labute approximate surface area is 142 Å². The van der Waals surface area contributed by atoms with E-state index in [0.717, 1.165) is 0 Å². The van der Waals surface area contributed by atoms with Crippen molar-refractivity contribution < 1.29 is 25.2 Å². The molecule has 136 valence electrons. The van der Waals surface area contributed by atoms with Crippen molar-refractivity contribution in [3.63, 3.8) is 0 Å². The number of hydrogen-bond donors (Lipinski definition) is 5. The van der Waals surface area contributed by atoms with Gasteiger partial charge in [-0.2, -0.15) is 9.97 Å². The van der Waals surface area contributed by atoms with Crippen LogP contribution in [0.2, 0.25) is 0 Å². The molecule has 0 radical (unpaired) electrons. The number of fused-ring (bicyclic) bond motifs is 1. The fourth-order valence-corrected chi connectivity index (χ4v) is 3.34. The highest BCUT2D eigenvalue weighted by Crippen LogP contribution is 2.33. The standard InChI is InChI=1S/C14H20N6O5/c15-14-17-12(19-2-7(23)8(24)3-19)11-13(18-14)20(5-16-11)10-1-6(22)9(4-21)25-10/h5-10,21-24H,1-4H2,(H2,15,17,18)/t6-,7+,8+,9-,10-/m1/s1. The summed E-state index contributed by atoms with van der Waals surface area (Å²) < 4.78 is 7.28. The maximum absolute atomic E-state index is 9.93. The van der Waals surface area contributed by atoms with E-state index in [2.05, 4.69) is 15.0 Å². The maximum Gasteiger partial charge on any atom is 0.224 e. The summed E-state index contributed by atoms with van der Waals surface area (Å²) in [4.78, 5) is 14.5. The average Bonchev–Trinajstić information content (AvgIpc) is 3.24. The highest BCUT2D eigenvalue weighted by Gasteiger charge is 2.36. The van der Waals surface area contributed by atoms with Crippen LogP contribution in [-0.4, -0.2) is 84.1 Å². The van der Waals surface area contributed by atoms with E-state index in [9.17, 15) is 20.4 Å². The molecule has 0 spiro atoms. The molecule has 25 heavy (non-hydrogen) atoms. The van der Waals surface area contributed by atoms with Crippen LogP contribution in [-0.2, 0) is 4.74 Å². The molecule has 0 saturated carbocycles. The molecule has 2 aromatic rings. The van der Waals surface area contributed by atoms with E-state index in [0.29, 0.717) is 17.0 Å². The Kier molecular flexibility index (Phi) is 3.96. The molecule has 2 aromatic heterocycles. The van der Waals surface area contributed by atoms with Crippen LogP contribution in [0.4, 0.5) is 11.8 Å². The summed E-state index contributed by atoms with van der Waals surface area (Å²) >= 11 is 0. The molecule has 2 saturated heterocycles. The summed E-state index contributed by atoms with van der Waals surface area (Å²) in [7, 11) is 0. The maximum atomic E-state index is 9.93. The van der Waals surface area contributed by atoms with E-state index in [-0.39, 0.29) is 32.1 Å². The van der Waals surface area contributed by atoms with Gasteiger partial charge in [-0.05, 0) is 0 Å². The topological polar surface area (TPSA) is 163 Å². The second-order valence-corrected chi connectivity index (χ2v) is 6.38. The smallest absolute Gasteiger partial charge is 0.224 e. The first-order valence-electron chi connectivity index (χ1n) is 8.03. The molecule has 2 aliphatic rings. The van der Waals surface area contributed by atoms with E-state index < -0.39 is 30.6 Å². The summed E-state index contributed by atoms with van der Waals surface area (Å²) in [5, 5.41) is 38.7. The Hall–Kier alpha value is -2.05. The van der Waals surface area contributed by atoms with Crippen molar-refractivity contribution in [3.8, 4) is 0 Å². The van der Waals surface area contributed by atoms with Crippen LogP contribution in [0.3, 0.4) is 0 Å². The van der Waals surface area contributed by atoms with Gasteiger partial charge in [-0.25, -0.2) is 4.98 Å². The number of nitrogen functional groups attached to an aromatic ring is 1. The van der Waals surface area contributed by atoms with Gasteiger partial charge < -0.3 is 35.8 Å². The summed E-state index contributed by atoms with van der Waals surface area (Å²) in [6, 6.07) is 0. The highest BCUT2D eigenvalue weighted by molar-refractivity contribution is 5.85. The highest BCUT2D eigenvalue weighted by atomic mass is 16.5. The summed E-state index contributed by atoms with van der Waals surface area (Å²) in [5.74, 6) is 0.450. The Morgan fingerprint density at radius 2 is 1.88 bits per heavy atom. The van der Waals surface area contributed by atoms with Crippen molar-refractivity contribution in [1.29, 1.82) is 0 Å². The van der Waals surface area contributed by atoms with E-state index in [4.69, 9.17) is 10.5 Å². The Balaban J connectivity index is 1.72. The normalized spacial score (nSPS) is 32.8. The molecule has 11 heteroatoms. The zero-order chi connectivity index (χ0) is 17.7. The van der Waals surface area contributed by atoms with Gasteiger partial charge in [0.2, 0.25) is 5.95 Å². The van der Waals surface area contributed by atoms with Crippen LogP contribution in [0, 0.1) is 0 Å². The molecule has 11 nitrogen and oxygen atoms in total. The third-order valence-corrected chi connectivity index (χ3v) is 4.67. The predicted octanol–water partition coefficient (Wildman–Crippen LogP) is -2.41. The number of aliphatic hydroxyl groups is 4. The minimum absolute atomic E-state index is 0.0254. The molecule has 2 fully saturated rings. The van der Waals surface area contributed by atoms with Crippen molar-refractivity contribution in [2.75, 3.05) is 30.3 Å². The molecule has 0 aromatic carbocycles. The van der Waals surface area contributed by atoms with Crippen LogP contribution >= 0.6 is 0 Å². The lowest BCUT2D eigenvalue weighted by Gasteiger charge is -2.18. The van der Waals surface area contributed by atoms with Crippen LogP contribution in [0.1, 0.15) is 12.6 Å². The molecule has 0 amide bonds. The number of nitrogens with two attached hydrogens (primary N) is 1. The number of anilines is 2. The zero-order valence-electron chi connectivity index (χ0n) is 13.3. The number of aromatic nitrogens is 4. The summed E-state index contributed by atoms with van der Waals surface area (Å²) in [6.45, 7) is 0.145. The lowest BCUT2D eigenvalue weighted by Crippen LogP contribution is -2.24. The van der Waals surface area contributed by atoms with Gasteiger partial charge in [0, 0.05) is 19.5 Å². The third kappa shape index (κ3) is 2.69. The lowest BCUT2D eigenvalue weighted by atomic mass is 10.2. The molecule has 0 unspecified atom stereocenters. The third-order valence-electron chi connectivity index (χ3n) is 4.67. The summed E-state index contributed by atoms with van der Waals surface area (Å²) in [6.07, 6.45) is -1.91. The molecule has 0 aliphatic carbocycles. The molecular formula is C14H20N6O5. The summed E-state index contributed by atoms with van der Waals surface area (Å²) in [5.41, 5.74) is 6.71. The van der Waals surface area contributed by atoms with Crippen molar-refractivity contribution in [2.24, 2.45) is 0 Å². The number of aliphatic hydroxyl groups excluding tert-OH is 4. The van der Waals surface area contributed by atoms with Gasteiger partial charge in [0.05, 0.1) is 31.2 Å². The molecule has 6 N–H and O–H groups in total. The largest absolute Gasteiger partial charge is 0.394 e. The Morgan fingerprint density at radius 3 is 2.52 bits per heavy atom. The molecule has 0 bridgehead atoms. The number of hydrogen-bond acceptors (Lipinski definition) is 10. The van der Waals surface area contributed by atoms with Crippen molar-refractivity contribution >= 4 is 22.9 Å². The number of ether oxygens (including phenoxy) is 1. The number of rotatable bonds is 3. The number of imidazole rings is 1. The first-order chi connectivity index (χ1) is 12.0. The van der Waals surface area contributed by atoms with Gasteiger partial charge in [0.1, 0.15) is 12.3 Å². The molecular weight excluding hydrogens is 332 g/mol. The van der Waals surface area contributed by atoms with Gasteiger partial charge >= 0.3 is 0 Å². The number of β-amino-alcohol motifs (C(OH)–C–C–N with tert-alkyl or cyclic N) is 2. The second kappa shape index (κ2) is 6.04. The van der Waals surface area contributed by atoms with Gasteiger partial charge in [-0.3, -0.25) is 4.57 Å². The van der Waals surface area contributed by atoms with Gasteiger partial charge in [0.15, 0.2) is 17.0 Å². The van der Waals surface area contributed by atoms with Crippen LogP contribution < -0.4 is 10.6 Å². The van der Waals surface area contributed by atoms with Gasteiger partial charge in [0.25, 0.3) is 0 Å². The molecule has 4 heterocycles. The predicted molar refractivity (Wildman–Crippen MR) is 85.6 cm³/mol. The molecule has 5 atom stereocenters. The average molecular weight is 352 g/mol. The molecule has 2 aliphatic heterocycles. The zero-order valence-corrected chi connectivity index (χ0v) is 13.3. The Bertz CT molecular complexity index is 774. The van der Waals surface area contributed by atoms with Crippen LogP contribution in [0.5, 0.6) is 0 Å². The minimum Gasteiger partial charge on any atom is -0.394 e. The van der Waals surface area contributed by atoms with Crippen molar-refractivity contribution in [3.05, 3.63) is 6.33 Å². The van der Waals surface area contributed by atoms with E-state index >= 15 is 0 Å². The molecule has 4 rings (SSSR count). The van der Waals surface area contributed by atoms with E-state index in [1.54, 1.807) is 9.47 Å². The fraction of sp³-hybridized carbons (Fsp3) is 0.643. The van der Waals surface area contributed by atoms with E-state index in [1.807, 2.05) is 0 Å². The van der Waals surface area contributed by atoms with Gasteiger partial charge in [-0.1, -0.05) is 0 Å². The SMILES string of the molecule is Nc1nc(N2C[C@H](O)[C@@H](O)C2)c2ncn([C@H]3C[C@@H](O)[C@@H](CO)O3)c2n1. The Morgan fingerprint density at radius 1 is 1.16 bits per heavy atom. The minimum atomic E-state index is -0.869. The lowest BCUT2D eigenvalue weighted by molar-refractivity contribution is -0.0432. The monoisotopic (exact) mass is 352 g/mol. The first kappa shape index (κ1) is 16.4. The van der Waals surface area contributed by atoms with Gasteiger partial charge in [-0.15, -0.1) is 0 Å². The van der Waals surface area contributed by atoms with E-state index in [1.165, 1.54) is 6.33 Å². The first-order valence-corrected chi connectivity index (χ1v) is 8.03. The van der Waals surface area contributed by atoms with Crippen LogP contribution in [0.15, 0.2) is 6.33 Å². The van der Waals surface area contributed by atoms with Crippen molar-refractivity contribution in [2.45, 2.75) is 37.1 Å².